The van der Waals surface area contributed by atoms with Crippen LogP contribution in [0.25, 0.3) is 0 Å². The van der Waals surface area contributed by atoms with Gasteiger partial charge >= 0.3 is 0 Å². The molecule has 1 heterocycles. The highest BCUT2D eigenvalue weighted by Gasteiger charge is 2.07. The number of nitrogens with zero attached hydrogens (tertiary/aromatic N) is 2. The third kappa shape index (κ3) is 5.21. The third-order valence-electron chi connectivity index (χ3n) is 3.40. The van der Waals surface area contributed by atoms with E-state index in [0.29, 0.717) is 6.54 Å². The summed E-state index contributed by atoms with van der Waals surface area (Å²) in [7, 11) is 1.63. The second kappa shape index (κ2) is 8.44. The van der Waals surface area contributed by atoms with Crippen LogP contribution in [0.15, 0.2) is 43.0 Å². The summed E-state index contributed by atoms with van der Waals surface area (Å²) in [6, 6.07) is 7.54. The van der Waals surface area contributed by atoms with Gasteiger partial charge in [0, 0.05) is 25.5 Å². The van der Waals surface area contributed by atoms with E-state index in [1.165, 1.54) is 0 Å². The van der Waals surface area contributed by atoms with E-state index in [0.717, 1.165) is 37.2 Å². The zero-order valence-electron chi connectivity index (χ0n) is 12.4. The predicted octanol–water partition coefficient (Wildman–Crippen LogP) is 2.00. The Bertz CT molecular complexity index is 514. The van der Waals surface area contributed by atoms with Crippen molar-refractivity contribution < 1.29 is 9.84 Å². The number of aliphatic hydroxyl groups excluding tert-OH is 1. The number of benzene rings is 1. The maximum atomic E-state index is 10.1. The summed E-state index contributed by atoms with van der Waals surface area (Å²) in [4.78, 5) is 4.01. The first-order valence-corrected chi connectivity index (χ1v) is 7.28. The lowest BCUT2D eigenvalue weighted by Gasteiger charge is -2.13. The topological polar surface area (TPSA) is 59.3 Å². The molecule has 1 aromatic carbocycles. The van der Waals surface area contributed by atoms with E-state index in [1.807, 2.05) is 36.8 Å². The zero-order chi connectivity index (χ0) is 14.9. The van der Waals surface area contributed by atoms with Crippen molar-refractivity contribution in [3.63, 3.8) is 0 Å². The summed E-state index contributed by atoms with van der Waals surface area (Å²) < 4.78 is 7.23. The van der Waals surface area contributed by atoms with E-state index >= 15 is 0 Å². The Hall–Kier alpha value is -1.85. The average molecular weight is 289 g/mol. The number of rotatable bonds is 9. The molecule has 114 valence electrons. The molecular weight excluding hydrogens is 266 g/mol. The predicted molar refractivity (Wildman–Crippen MR) is 82.3 cm³/mol. The van der Waals surface area contributed by atoms with Crippen molar-refractivity contribution in [2.45, 2.75) is 25.5 Å². The van der Waals surface area contributed by atoms with E-state index in [1.54, 1.807) is 13.3 Å². The molecule has 0 fully saturated rings. The van der Waals surface area contributed by atoms with E-state index in [-0.39, 0.29) is 0 Å². The molecule has 2 rings (SSSR count). The summed E-state index contributed by atoms with van der Waals surface area (Å²) in [5.74, 6) is 0.770. The molecule has 2 aromatic rings. The van der Waals surface area contributed by atoms with Gasteiger partial charge in [0.2, 0.25) is 0 Å². The third-order valence-corrected chi connectivity index (χ3v) is 3.40. The van der Waals surface area contributed by atoms with Crippen LogP contribution in [0.2, 0.25) is 0 Å². The van der Waals surface area contributed by atoms with Crippen molar-refractivity contribution in [3.8, 4) is 5.75 Å². The van der Waals surface area contributed by atoms with Gasteiger partial charge in [-0.25, -0.2) is 4.98 Å². The number of unbranched alkanes of at least 4 members (excludes halogenated alkanes) is 1. The summed E-state index contributed by atoms with van der Waals surface area (Å²) in [5.41, 5.74) is 0.875. The van der Waals surface area contributed by atoms with Gasteiger partial charge in [0.1, 0.15) is 5.75 Å². The average Bonchev–Trinajstić information content (AvgIpc) is 3.04. The van der Waals surface area contributed by atoms with Crippen LogP contribution in [0.5, 0.6) is 5.75 Å². The highest BCUT2D eigenvalue weighted by atomic mass is 16.5. The normalized spacial score (nSPS) is 12.3. The maximum absolute atomic E-state index is 10.1. The Labute approximate surface area is 125 Å². The monoisotopic (exact) mass is 289 g/mol. The molecule has 0 bridgehead atoms. The Morgan fingerprint density at radius 2 is 2.29 bits per heavy atom. The Morgan fingerprint density at radius 3 is 3.05 bits per heavy atom. The highest BCUT2D eigenvalue weighted by molar-refractivity contribution is 5.29. The van der Waals surface area contributed by atoms with Gasteiger partial charge in [0.25, 0.3) is 0 Å². The smallest absolute Gasteiger partial charge is 0.119 e. The van der Waals surface area contributed by atoms with Gasteiger partial charge in [-0.15, -0.1) is 0 Å². The van der Waals surface area contributed by atoms with Crippen LogP contribution in [0, 0.1) is 0 Å². The Kier molecular flexibility index (Phi) is 6.24. The fourth-order valence-corrected chi connectivity index (χ4v) is 2.17. The molecule has 1 atom stereocenters. The SMILES string of the molecule is COc1cccc(C(O)CNCCCCn2ccnc2)c1. The fraction of sp³-hybridized carbons (Fsp3) is 0.438. The standard InChI is InChI=1S/C16H23N3O2/c1-21-15-6-4-5-14(11-15)16(20)12-17-7-2-3-9-19-10-8-18-13-19/h4-6,8,10-11,13,16-17,20H,2-3,7,9,12H2,1H3. The van der Waals surface area contributed by atoms with Crippen LogP contribution in [-0.4, -0.2) is 34.9 Å². The Balaban J connectivity index is 1.61. The minimum Gasteiger partial charge on any atom is -0.497 e. The van der Waals surface area contributed by atoms with Gasteiger partial charge in [-0.2, -0.15) is 0 Å². The first-order chi connectivity index (χ1) is 10.3. The molecular formula is C16H23N3O2. The summed E-state index contributed by atoms with van der Waals surface area (Å²) >= 11 is 0. The molecule has 21 heavy (non-hydrogen) atoms. The minimum absolute atomic E-state index is 0.506. The van der Waals surface area contributed by atoms with E-state index < -0.39 is 6.10 Å². The first-order valence-electron chi connectivity index (χ1n) is 7.28. The van der Waals surface area contributed by atoms with Crippen LogP contribution in [0.3, 0.4) is 0 Å². The number of aromatic nitrogens is 2. The van der Waals surface area contributed by atoms with Gasteiger partial charge in [0.15, 0.2) is 0 Å². The lowest BCUT2D eigenvalue weighted by molar-refractivity contribution is 0.174. The molecule has 0 saturated heterocycles. The molecule has 0 radical (unpaired) electrons. The lowest BCUT2D eigenvalue weighted by Crippen LogP contribution is -2.22. The maximum Gasteiger partial charge on any atom is 0.119 e. The first kappa shape index (κ1) is 15.5. The summed E-state index contributed by atoms with van der Waals surface area (Å²) in [6.45, 7) is 2.44. The van der Waals surface area contributed by atoms with Crippen molar-refractivity contribution in [1.29, 1.82) is 0 Å². The van der Waals surface area contributed by atoms with Crippen molar-refractivity contribution in [3.05, 3.63) is 48.5 Å². The van der Waals surface area contributed by atoms with Crippen LogP contribution in [0.1, 0.15) is 24.5 Å². The number of aryl methyl sites for hydroxylation is 1. The number of ether oxygens (including phenoxy) is 1. The van der Waals surface area contributed by atoms with Gasteiger partial charge in [-0.1, -0.05) is 12.1 Å². The molecule has 1 unspecified atom stereocenters. The molecule has 1 aromatic heterocycles. The number of methoxy groups -OCH3 is 1. The second-order valence-corrected chi connectivity index (χ2v) is 5.00. The lowest BCUT2D eigenvalue weighted by atomic mass is 10.1. The van der Waals surface area contributed by atoms with Crippen LogP contribution in [-0.2, 0) is 6.54 Å². The molecule has 0 saturated carbocycles. The minimum atomic E-state index is -0.506. The molecule has 5 heteroatoms. The van der Waals surface area contributed by atoms with Gasteiger partial charge in [-0.3, -0.25) is 0 Å². The highest BCUT2D eigenvalue weighted by Crippen LogP contribution is 2.18. The molecule has 2 N–H and O–H groups in total. The Morgan fingerprint density at radius 1 is 1.38 bits per heavy atom. The summed E-state index contributed by atoms with van der Waals surface area (Å²) in [5, 5.41) is 13.4. The van der Waals surface area contributed by atoms with E-state index in [9.17, 15) is 5.11 Å². The van der Waals surface area contributed by atoms with Gasteiger partial charge < -0.3 is 19.7 Å². The van der Waals surface area contributed by atoms with Gasteiger partial charge in [-0.05, 0) is 37.1 Å². The fourth-order valence-electron chi connectivity index (χ4n) is 2.17. The van der Waals surface area contributed by atoms with E-state index in [2.05, 4.69) is 14.9 Å². The molecule has 0 aliphatic rings. The number of nitrogens with one attached hydrogen (secondary N) is 1. The number of hydrogen-bond donors (Lipinski definition) is 2. The molecule has 0 aliphatic carbocycles. The van der Waals surface area contributed by atoms with Gasteiger partial charge in [0.05, 0.1) is 19.5 Å². The molecule has 0 aliphatic heterocycles. The van der Waals surface area contributed by atoms with Crippen molar-refractivity contribution in [2.24, 2.45) is 0 Å². The molecule has 5 nitrogen and oxygen atoms in total. The molecule has 0 amide bonds. The second-order valence-electron chi connectivity index (χ2n) is 5.00. The zero-order valence-corrected chi connectivity index (χ0v) is 12.4. The van der Waals surface area contributed by atoms with Crippen molar-refractivity contribution >= 4 is 0 Å². The number of hydrogen-bond acceptors (Lipinski definition) is 4. The quantitative estimate of drug-likeness (QED) is 0.693. The van der Waals surface area contributed by atoms with Crippen LogP contribution in [0.4, 0.5) is 0 Å². The number of imidazole rings is 1. The largest absolute Gasteiger partial charge is 0.497 e. The van der Waals surface area contributed by atoms with Crippen molar-refractivity contribution in [2.75, 3.05) is 20.2 Å². The van der Waals surface area contributed by atoms with Crippen molar-refractivity contribution in [1.82, 2.24) is 14.9 Å². The van der Waals surface area contributed by atoms with E-state index in [4.69, 9.17) is 4.74 Å². The van der Waals surface area contributed by atoms with Crippen LogP contribution < -0.4 is 10.1 Å². The summed E-state index contributed by atoms with van der Waals surface area (Å²) in [6.07, 6.45) is 7.26. The van der Waals surface area contributed by atoms with Crippen LogP contribution >= 0.6 is 0 Å². The molecule has 0 spiro atoms. The number of aliphatic hydroxyl groups is 1.